The molecule has 0 radical (unpaired) electrons. The van der Waals surface area contributed by atoms with Crippen LogP contribution in [0.3, 0.4) is 0 Å². The summed E-state index contributed by atoms with van der Waals surface area (Å²) in [6, 6.07) is 15.0. The van der Waals surface area contributed by atoms with Gasteiger partial charge in [-0.3, -0.25) is 4.79 Å². The highest BCUT2D eigenvalue weighted by Gasteiger charge is 2.14. The zero-order chi connectivity index (χ0) is 20.6. The molecule has 3 rings (SSSR count). The van der Waals surface area contributed by atoms with Gasteiger partial charge in [-0.15, -0.1) is 0 Å². The monoisotopic (exact) mass is 458 g/mol. The molecule has 0 aliphatic rings. The molecule has 0 spiro atoms. The topological polar surface area (TPSA) is 125 Å². The first kappa shape index (κ1) is 20.1. The molecule has 11 heteroatoms. The zero-order valence-corrected chi connectivity index (χ0v) is 16.5. The Morgan fingerprint density at radius 3 is 2.90 bits per heavy atom. The Labute approximate surface area is 173 Å². The summed E-state index contributed by atoms with van der Waals surface area (Å²) < 4.78 is 7.87. The van der Waals surface area contributed by atoms with Gasteiger partial charge in [0, 0.05) is 15.1 Å². The molecule has 0 aliphatic carbocycles. The third-order valence-corrected chi connectivity index (χ3v) is 4.08. The number of aromatic nitrogens is 3. The number of hydrazone groups is 1. The van der Waals surface area contributed by atoms with Crippen LogP contribution in [-0.4, -0.2) is 31.8 Å². The average molecular weight is 459 g/mol. The van der Waals surface area contributed by atoms with E-state index in [4.69, 9.17) is 4.74 Å². The molecule has 0 bridgehead atoms. The Hall–Kier alpha value is -3.60. The molecule has 1 heterocycles. The number of hydrogen-bond donors (Lipinski definition) is 1. The molecule has 2 aromatic carbocycles. The van der Waals surface area contributed by atoms with Crippen molar-refractivity contribution in [3.63, 3.8) is 0 Å². The lowest BCUT2D eigenvalue weighted by molar-refractivity contribution is -0.394. The van der Waals surface area contributed by atoms with Crippen LogP contribution >= 0.6 is 15.9 Å². The van der Waals surface area contributed by atoms with Gasteiger partial charge in [0.1, 0.15) is 18.9 Å². The summed E-state index contributed by atoms with van der Waals surface area (Å²) in [7, 11) is 0. The number of benzene rings is 2. The van der Waals surface area contributed by atoms with Crippen LogP contribution in [0.15, 0.2) is 64.4 Å². The molecule has 0 fully saturated rings. The van der Waals surface area contributed by atoms with E-state index in [0.29, 0.717) is 17.9 Å². The molecule has 0 saturated carbocycles. The minimum absolute atomic E-state index is 0.251. The normalized spacial score (nSPS) is 10.8. The lowest BCUT2D eigenvalue weighted by Gasteiger charge is -2.09. The molecule has 0 aliphatic heterocycles. The van der Waals surface area contributed by atoms with Crippen LogP contribution in [0.2, 0.25) is 0 Å². The lowest BCUT2D eigenvalue weighted by atomic mass is 10.2. The summed E-state index contributed by atoms with van der Waals surface area (Å²) >= 11 is 3.42. The quantitative estimate of drug-likeness (QED) is 0.314. The van der Waals surface area contributed by atoms with Crippen molar-refractivity contribution in [3.05, 3.63) is 80.6 Å². The van der Waals surface area contributed by atoms with Crippen LogP contribution in [0.1, 0.15) is 11.1 Å². The standard InChI is InChI=1S/C18H15BrN6O4/c19-15-6-3-4-13(8-15)11-29-16-7-2-1-5-14(16)9-21-22-17(26)10-24-12-20-18(23-24)25(27)28/h1-9,12H,10-11H2,(H,22,26). The van der Waals surface area contributed by atoms with E-state index in [1.165, 1.54) is 6.21 Å². The van der Waals surface area contributed by atoms with Gasteiger partial charge in [0.15, 0.2) is 0 Å². The van der Waals surface area contributed by atoms with Gasteiger partial charge >= 0.3 is 5.95 Å². The fourth-order valence-corrected chi connectivity index (χ4v) is 2.75. The van der Waals surface area contributed by atoms with Gasteiger partial charge in [0.25, 0.3) is 5.91 Å². The van der Waals surface area contributed by atoms with Crippen molar-refractivity contribution in [2.45, 2.75) is 13.2 Å². The van der Waals surface area contributed by atoms with E-state index in [1.54, 1.807) is 12.1 Å². The van der Waals surface area contributed by atoms with Crippen molar-refractivity contribution in [1.82, 2.24) is 20.2 Å². The van der Waals surface area contributed by atoms with Crippen LogP contribution in [0.25, 0.3) is 0 Å². The molecule has 1 aromatic heterocycles. The molecule has 0 unspecified atom stereocenters. The van der Waals surface area contributed by atoms with Crippen molar-refractivity contribution in [2.24, 2.45) is 5.10 Å². The zero-order valence-electron chi connectivity index (χ0n) is 14.9. The van der Waals surface area contributed by atoms with Gasteiger partial charge in [-0.1, -0.05) is 45.2 Å². The lowest BCUT2D eigenvalue weighted by Crippen LogP contribution is -2.23. The van der Waals surface area contributed by atoms with Gasteiger partial charge in [-0.25, -0.2) is 5.43 Å². The summed E-state index contributed by atoms with van der Waals surface area (Å²) in [5.41, 5.74) is 4.02. The summed E-state index contributed by atoms with van der Waals surface area (Å²) in [4.78, 5) is 25.2. The number of nitro groups is 1. The minimum atomic E-state index is -0.738. The molecule has 148 valence electrons. The Morgan fingerprint density at radius 1 is 1.31 bits per heavy atom. The Morgan fingerprint density at radius 2 is 2.14 bits per heavy atom. The summed E-state index contributed by atoms with van der Waals surface area (Å²) in [5.74, 6) is -0.469. The largest absolute Gasteiger partial charge is 0.490 e. The Kier molecular flexibility index (Phi) is 6.63. The van der Waals surface area contributed by atoms with E-state index in [2.05, 4.69) is 36.5 Å². The number of rotatable bonds is 8. The number of ether oxygens (including phenoxy) is 1. The highest BCUT2D eigenvalue weighted by atomic mass is 79.9. The highest BCUT2D eigenvalue weighted by Crippen LogP contribution is 2.19. The second-order valence-electron chi connectivity index (χ2n) is 5.75. The van der Waals surface area contributed by atoms with Crippen LogP contribution in [0, 0.1) is 10.1 Å². The molecular weight excluding hydrogens is 444 g/mol. The second kappa shape index (κ2) is 9.55. The third kappa shape index (κ3) is 5.94. The number of amides is 1. The number of hydrogen-bond acceptors (Lipinski definition) is 7. The summed E-state index contributed by atoms with van der Waals surface area (Å²) in [6.45, 7) is 0.126. The number of halogens is 1. The maximum atomic E-state index is 11.9. The van der Waals surface area contributed by atoms with Crippen LogP contribution in [-0.2, 0) is 17.9 Å². The van der Waals surface area contributed by atoms with Gasteiger partial charge in [-0.2, -0.15) is 9.78 Å². The van der Waals surface area contributed by atoms with Crippen molar-refractivity contribution in [1.29, 1.82) is 0 Å². The van der Waals surface area contributed by atoms with E-state index < -0.39 is 16.8 Å². The number of nitrogens with zero attached hydrogens (tertiary/aromatic N) is 5. The Bertz CT molecular complexity index is 1050. The summed E-state index contributed by atoms with van der Waals surface area (Å²) in [6.07, 6.45) is 2.56. The minimum Gasteiger partial charge on any atom is -0.488 e. The number of carbonyl (C=O) groups is 1. The van der Waals surface area contributed by atoms with Gasteiger partial charge in [-0.05, 0) is 34.8 Å². The van der Waals surface area contributed by atoms with Crippen molar-refractivity contribution in [2.75, 3.05) is 0 Å². The maximum absolute atomic E-state index is 11.9. The predicted octanol–water partition coefficient (Wildman–Crippen LogP) is 2.68. The summed E-state index contributed by atoms with van der Waals surface area (Å²) in [5, 5.41) is 18.0. The third-order valence-electron chi connectivity index (χ3n) is 3.59. The molecule has 1 amide bonds. The van der Waals surface area contributed by atoms with Gasteiger partial charge in [0.05, 0.1) is 6.21 Å². The smallest absolute Gasteiger partial charge is 0.488 e. The molecular formula is C18H15BrN6O4. The van der Waals surface area contributed by atoms with Crippen LogP contribution in [0.5, 0.6) is 5.75 Å². The van der Waals surface area contributed by atoms with Crippen LogP contribution < -0.4 is 10.2 Å². The Balaban J connectivity index is 1.57. The van der Waals surface area contributed by atoms with E-state index in [9.17, 15) is 14.9 Å². The maximum Gasteiger partial charge on any atom is 0.490 e. The first-order valence-corrected chi connectivity index (χ1v) is 9.12. The predicted molar refractivity (Wildman–Crippen MR) is 107 cm³/mol. The molecule has 10 nitrogen and oxygen atoms in total. The van der Waals surface area contributed by atoms with E-state index in [1.807, 2.05) is 36.4 Å². The van der Waals surface area contributed by atoms with Crippen molar-refractivity contribution in [3.8, 4) is 5.75 Å². The highest BCUT2D eigenvalue weighted by molar-refractivity contribution is 9.10. The van der Waals surface area contributed by atoms with E-state index in [0.717, 1.165) is 21.0 Å². The fourth-order valence-electron chi connectivity index (χ4n) is 2.31. The van der Waals surface area contributed by atoms with Gasteiger partial charge in [0.2, 0.25) is 6.33 Å². The molecule has 29 heavy (non-hydrogen) atoms. The van der Waals surface area contributed by atoms with Crippen LogP contribution in [0.4, 0.5) is 5.95 Å². The first-order valence-electron chi connectivity index (χ1n) is 8.33. The first-order chi connectivity index (χ1) is 14.0. The molecule has 1 N–H and O–H groups in total. The fraction of sp³-hybridized carbons (Fsp3) is 0.111. The van der Waals surface area contributed by atoms with Crippen molar-refractivity contribution >= 4 is 34.0 Å². The average Bonchev–Trinajstić information content (AvgIpc) is 3.16. The van der Waals surface area contributed by atoms with Crippen molar-refractivity contribution < 1.29 is 14.5 Å². The number of para-hydroxylation sites is 1. The number of carbonyl (C=O) groups excluding carboxylic acids is 1. The second-order valence-corrected chi connectivity index (χ2v) is 6.66. The molecule has 3 aromatic rings. The van der Waals surface area contributed by atoms with Gasteiger partial charge < -0.3 is 14.9 Å². The molecule has 0 saturated heterocycles. The number of nitrogens with one attached hydrogen (secondary N) is 1. The van der Waals surface area contributed by atoms with E-state index >= 15 is 0 Å². The van der Waals surface area contributed by atoms with E-state index in [-0.39, 0.29) is 6.54 Å². The SMILES string of the molecule is O=C(Cn1cnc([N+](=O)[O-])n1)NN=Cc1ccccc1OCc1cccc(Br)c1. The molecule has 0 atom stereocenters.